The summed E-state index contributed by atoms with van der Waals surface area (Å²) in [6, 6.07) is 5.09. The maximum atomic E-state index is 12.3. The standard InChI is InChI=1S/C10H6Br2ClN3O/c1-16-8(10(12)14-15-16)9(17)6-3-2-5(11)4-7(6)13/h2-4H,1H3. The predicted molar refractivity (Wildman–Crippen MR) is 71.3 cm³/mol. The topological polar surface area (TPSA) is 47.8 Å². The summed E-state index contributed by atoms with van der Waals surface area (Å²) in [6.45, 7) is 0. The Morgan fingerprint density at radius 3 is 2.65 bits per heavy atom. The third-order valence-corrected chi connectivity index (χ3v) is 3.52. The maximum Gasteiger partial charge on any atom is 0.215 e. The van der Waals surface area contributed by atoms with E-state index in [9.17, 15) is 4.79 Å². The number of carbonyl (C=O) groups excluding carboxylic acids is 1. The summed E-state index contributed by atoms with van der Waals surface area (Å²) >= 11 is 12.5. The highest BCUT2D eigenvalue weighted by Gasteiger charge is 2.20. The number of benzene rings is 1. The van der Waals surface area contributed by atoms with Gasteiger partial charge in [0.05, 0.1) is 5.02 Å². The fourth-order valence-electron chi connectivity index (χ4n) is 1.37. The van der Waals surface area contributed by atoms with Crippen molar-refractivity contribution in [3.8, 4) is 0 Å². The number of hydrogen-bond acceptors (Lipinski definition) is 3. The number of nitrogens with zero attached hydrogens (tertiary/aromatic N) is 3. The molecule has 1 heterocycles. The van der Waals surface area contributed by atoms with Gasteiger partial charge in [0.1, 0.15) is 5.69 Å². The molecule has 0 atom stereocenters. The third kappa shape index (κ3) is 2.43. The quantitative estimate of drug-likeness (QED) is 0.753. The van der Waals surface area contributed by atoms with E-state index in [2.05, 4.69) is 42.2 Å². The van der Waals surface area contributed by atoms with Crippen molar-refractivity contribution in [3.63, 3.8) is 0 Å². The molecule has 0 saturated heterocycles. The van der Waals surface area contributed by atoms with Crippen LogP contribution in [0, 0.1) is 0 Å². The van der Waals surface area contributed by atoms with Crippen molar-refractivity contribution < 1.29 is 4.79 Å². The molecule has 2 aromatic rings. The van der Waals surface area contributed by atoms with Gasteiger partial charge in [0.2, 0.25) is 5.78 Å². The Labute approximate surface area is 119 Å². The summed E-state index contributed by atoms with van der Waals surface area (Å²) in [6.07, 6.45) is 0. The zero-order valence-electron chi connectivity index (χ0n) is 8.62. The van der Waals surface area contributed by atoms with Gasteiger partial charge in [-0.1, -0.05) is 32.7 Å². The lowest BCUT2D eigenvalue weighted by Gasteiger charge is -2.04. The molecule has 0 aliphatic carbocycles. The second kappa shape index (κ2) is 4.88. The van der Waals surface area contributed by atoms with Crippen LogP contribution >= 0.6 is 43.5 Å². The zero-order chi connectivity index (χ0) is 12.6. The van der Waals surface area contributed by atoms with E-state index in [1.54, 1.807) is 25.2 Å². The molecule has 0 spiro atoms. The van der Waals surface area contributed by atoms with Crippen molar-refractivity contribution >= 4 is 49.2 Å². The van der Waals surface area contributed by atoms with Gasteiger partial charge in [-0.3, -0.25) is 4.79 Å². The smallest absolute Gasteiger partial charge is 0.215 e. The zero-order valence-corrected chi connectivity index (χ0v) is 12.5. The summed E-state index contributed by atoms with van der Waals surface area (Å²) < 4.78 is 2.63. The van der Waals surface area contributed by atoms with E-state index in [0.29, 0.717) is 20.9 Å². The van der Waals surface area contributed by atoms with Gasteiger partial charge in [-0.05, 0) is 34.1 Å². The molecule has 0 aliphatic heterocycles. The number of carbonyl (C=O) groups is 1. The predicted octanol–water partition coefficient (Wildman–Crippen LogP) is 3.22. The maximum absolute atomic E-state index is 12.3. The van der Waals surface area contributed by atoms with Crippen LogP contribution < -0.4 is 0 Å². The normalized spacial score (nSPS) is 10.6. The van der Waals surface area contributed by atoms with E-state index in [0.717, 1.165) is 4.47 Å². The van der Waals surface area contributed by atoms with Crippen LogP contribution in [0.2, 0.25) is 5.02 Å². The van der Waals surface area contributed by atoms with Gasteiger partial charge in [-0.2, -0.15) is 0 Å². The fourth-order valence-corrected chi connectivity index (χ4v) is 2.64. The number of aromatic nitrogens is 3. The van der Waals surface area contributed by atoms with Gasteiger partial charge in [-0.15, -0.1) is 5.10 Å². The molecule has 17 heavy (non-hydrogen) atoms. The van der Waals surface area contributed by atoms with Crippen LogP contribution in [0.5, 0.6) is 0 Å². The second-order valence-electron chi connectivity index (χ2n) is 3.31. The molecule has 0 amide bonds. The van der Waals surface area contributed by atoms with Gasteiger partial charge in [0.15, 0.2) is 4.60 Å². The Balaban J connectivity index is 2.51. The number of rotatable bonds is 2. The van der Waals surface area contributed by atoms with E-state index in [-0.39, 0.29) is 5.78 Å². The van der Waals surface area contributed by atoms with Crippen molar-refractivity contribution in [1.82, 2.24) is 15.0 Å². The molecule has 0 unspecified atom stereocenters. The lowest BCUT2D eigenvalue weighted by molar-refractivity contribution is 0.102. The molecule has 0 bridgehead atoms. The Bertz CT molecular complexity index is 578. The number of halogens is 3. The molecule has 88 valence electrons. The van der Waals surface area contributed by atoms with E-state index < -0.39 is 0 Å². The van der Waals surface area contributed by atoms with E-state index >= 15 is 0 Å². The highest BCUT2D eigenvalue weighted by Crippen LogP contribution is 2.25. The average molecular weight is 379 g/mol. The first kappa shape index (κ1) is 12.7. The molecular formula is C10H6Br2ClN3O. The second-order valence-corrected chi connectivity index (χ2v) is 5.38. The van der Waals surface area contributed by atoms with Gasteiger partial charge in [-0.25, -0.2) is 4.68 Å². The first-order valence-electron chi connectivity index (χ1n) is 4.55. The van der Waals surface area contributed by atoms with Crippen LogP contribution in [0.4, 0.5) is 0 Å². The average Bonchev–Trinajstić information content (AvgIpc) is 2.58. The monoisotopic (exact) mass is 377 g/mol. The lowest BCUT2D eigenvalue weighted by Crippen LogP contribution is -2.09. The molecule has 0 aliphatic rings. The van der Waals surface area contributed by atoms with Crippen molar-refractivity contribution in [2.45, 2.75) is 0 Å². The molecule has 1 aromatic carbocycles. The number of aryl methyl sites for hydroxylation is 1. The molecule has 0 fully saturated rings. The molecule has 0 saturated carbocycles. The molecule has 4 nitrogen and oxygen atoms in total. The molecular weight excluding hydrogens is 373 g/mol. The van der Waals surface area contributed by atoms with Crippen LogP contribution in [-0.4, -0.2) is 20.8 Å². The molecule has 0 N–H and O–H groups in total. The van der Waals surface area contributed by atoms with E-state index in [1.807, 2.05) is 0 Å². The van der Waals surface area contributed by atoms with Gasteiger partial charge < -0.3 is 0 Å². The molecule has 2 rings (SSSR count). The summed E-state index contributed by atoms with van der Waals surface area (Å²) in [7, 11) is 1.65. The van der Waals surface area contributed by atoms with Crippen LogP contribution in [0.1, 0.15) is 16.1 Å². The highest BCUT2D eigenvalue weighted by molar-refractivity contribution is 9.10. The highest BCUT2D eigenvalue weighted by atomic mass is 79.9. The molecule has 7 heteroatoms. The Morgan fingerprint density at radius 1 is 1.41 bits per heavy atom. The summed E-state index contributed by atoms with van der Waals surface area (Å²) in [4.78, 5) is 12.3. The SMILES string of the molecule is Cn1nnc(Br)c1C(=O)c1ccc(Br)cc1Cl. The summed E-state index contributed by atoms with van der Waals surface area (Å²) in [5.74, 6) is -0.220. The van der Waals surface area contributed by atoms with Crippen LogP contribution in [0.25, 0.3) is 0 Å². The lowest BCUT2D eigenvalue weighted by atomic mass is 10.1. The minimum atomic E-state index is -0.220. The van der Waals surface area contributed by atoms with E-state index in [4.69, 9.17) is 11.6 Å². The molecule has 1 aromatic heterocycles. The Kier molecular flexibility index (Phi) is 3.65. The van der Waals surface area contributed by atoms with Crippen molar-refractivity contribution in [3.05, 3.63) is 43.6 Å². The van der Waals surface area contributed by atoms with Gasteiger partial charge in [0.25, 0.3) is 0 Å². The van der Waals surface area contributed by atoms with Crippen molar-refractivity contribution in [2.75, 3.05) is 0 Å². The number of hydrogen-bond donors (Lipinski definition) is 0. The Hall–Kier alpha value is -0.720. The summed E-state index contributed by atoms with van der Waals surface area (Å²) in [5, 5.41) is 7.91. The first-order chi connectivity index (χ1) is 8.00. The van der Waals surface area contributed by atoms with Crippen molar-refractivity contribution in [1.29, 1.82) is 0 Å². The van der Waals surface area contributed by atoms with Crippen LogP contribution in [0.15, 0.2) is 27.3 Å². The third-order valence-electron chi connectivity index (χ3n) is 2.18. The van der Waals surface area contributed by atoms with Crippen molar-refractivity contribution in [2.24, 2.45) is 7.05 Å². The first-order valence-corrected chi connectivity index (χ1v) is 6.52. The largest absolute Gasteiger partial charge is 0.287 e. The minimum absolute atomic E-state index is 0.220. The van der Waals surface area contributed by atoms with Gasteiger partial charge in [0, 0.05) is 17.1 Å². The fraction of sp³-hybridized carbons (Fsp3) is 0.100. The van der Waals surface area contributed by atoms with E-state index in [1.165, 1.54) is 4.68 Å². The van der Waals surface area contributed by atoms with Gasteiger partial charge >= 0.3 is 0 Å². The minimum Gasteiger partial charge on any atom is -0.287 e. The Morgan fingerprint density at radius 2 is 2.12 bits per heavy atom. The van der Waals surface area contributed by atoms with Crippen LogP contribution in [-0.2, 0) is 7.05 Å². The molecule has 0 radical (unpaired) electrons. The van der Waals surface area contributed by atoms with Crippen LogP contribution in [0.3, 0.4) is 0 Å². The summed E-state index contributed by atoms with van der Waals surface area (Å²) in [5.41, 5.74) is 0.787. The number of ketones is 1.